The molecule has 0 saturated carbocycles. The lowest BCUT2D eigenvalue weighted by Gasteiger charge is -2.17. The second-order valence-electron chi connectivity index (χ2n) is 5.77. The summed E-state index contributed by atoms with van der Waals surface area (Å²) in [7, 11) is 1.40. The van der Waals surface area contributed by atoms with Crippen molar-refractivity contribution in [3.63, 3.8) is 0 Å². The molecule has 0 unspecified atom stereocenters. The molecule has 3 rings (SSSR count). The van der Waals surface area contributed by atoms with Crippen molar-refractivity contribution in [3.05, 3.63) is 81.2 Å². The fourth-order valence-corrected chi connectivity index (χ4v) is 3.50. The summed E-state index contributed by atoms with van der Waals surface area (Å²) < 4.78 is 11.9. The van der Waals surface area contributed by atoms with Gasteiger partial charge in [0.1, 0.15) is 12.4 Å². The third-order valence-corrected chi connectivity index (χ3v) is 4.66. The summed E-state index contributed by atoms with van der Waals surface area (Å²) in [4.78, 5) is 16.5. The van der Waals surface area contributed by atoms with Crippen molar-refractivity contribution < 1.29 is 14.3 Å². The Kier molecular flexibility index (Phi) is 5.88. The summed E-state index contributed by atoms with van der Waals surface area (Å²) in [6, 6.07) is 15.6. The first-order valence-corrected chi connectivity index (χ1v) is 9.17. The molecule has 5 heteroatoms. The molecule has 4 nitrogen and oxygen atoms in total. The third kappa shape index (κ3) is 4.04. The van der Waals surface area contributed by atoms with Crippen molar-refractivity contribution in [1.82, 2.24) is 4.98 Å². The summed E-state index contributed by atoms with van der Waals surface area (Å²) in [6.07, 6.45) is 3.37. The van der Waals surface area contributed by atoms with Crippen molar-refractivity contribution in [2.45, 2.75) is 13.5 Å². The number of pyridine rings is 1. The van der Waals surface area contributed by atoms with Crippen LogP contribution in [0.25, 0.3) is 11.1 Å². The lowest BCUT2D eigenvalue weighted by atomic mass is 9.92. The predicted octanol–water partition coefficient (Wildman–Crippen LogP) is 5.03. The highest BCUT2D eigenvalue weighted by Crippen LogP contribution is 2.33. The Bertz CT molecular complexity index is 926. The van der Waals surface area contributed by atoms with Gasteiger partial charge in [0, 0.05) is 15.3 Å². The molecule has 1 heterocycles. The second kappa shape index (κ2) is 8.31. The van der Waals surface area contributed by atoms with Crippen molar-refractivity contribution in [2.75, 3.05) is 7.11 Å². The van der Waals surface area contributed by atoms with Gasteiger partial charge in [0.15, 0.2) is 0 Å². The Morgan fingerprint density at radius 1 is 1.15 bits per heavy atom. The van der Waals surface area contributed by atoms with Crippen LogP contribution in [0.3, 0.4) is 0 Å². The predicted molar refractivity (Wildman–Crippen MR) is 109 cm³/mol. The first-order valence-electron chi connectivity index (χ1n) is 8.09. The van der Waals surface area contributed by atoms with Crippen molar-refractivity contribution >= 4 is 28.6 Å². The molecule has 0 aliphatic carbocycles. The number of rotatable bonds is 5. The van der Waals surface area contributed by atoms with Crippen LogP contribution in [-0.4, -0.2) is 18.1 Å². The maximum Gasteiger partial charge on any atom is 0.338 e. The van der Waals surface area contributed by atoms with Crippen molar-refractivity contribution in [1.29, 1.82) is 0 Å². The fourth-order valence-electron chi connectivity index (χ4n) is 2.81. The zero-order valence-electron chi connectivity index (χ0n) is 14.5. The Hall–Kier alpha value is -2.41. The average molecular weight is 459 g/mol. The molecule has 132 valence electrons. The minimum absolute atomic E-state index is 0.330. The van der Waals surface area contributed by atoms with Gasteiger partial charge in [-0.3, -0.25) is 4.98 Å². The molecule has 0 radical (unpaired) electrons. The third-order valence-electron chi connectivity index (χ3n) is 4.03. The molecule has 0 aliphatic heterocycles. The first-order chi connectivity index (χ1) is 12.6. The number of hydrogen-bond donors (Lipinski definition) is 0. The number of methoxy groups -OCH3 is 1. The van der Waals surface area contributed by atoms with Crippen LogP contribution < -0.4 is 4.74 Å². The molecule has 0 amide bonds. The number of carbonyl (C=O) groups excluding carboxylic acids is 1. The minimum Gasteiger partial charge on any atom is -0.487 e. The van der Waals surface area contributed by atoms with Crippen LogP contribution in [0, 0.1) is 10.5 Å². The molecule has 1 aromatic heterocycles. The molecule has 0 aliphatic rings. The quantitative estimate of drug-likeness (QED) is 0.397. The number of hydrogen-bond acceptors (Lipinski definition) is 4. The number of esters is 1. The molecule has 3 aromatic rings. The monoisotopic (exact) mass is 459 g/mol. The molecule has 26 heavy (non-hydrogen) atoms. The van der Waals surface area contributed by atoms with Gasteiger partial charge in [-0.1, -0.05) is 24.3 Å². The smallest absolute Gasteiger partial charge is 0.338 e. The van der Waals surface area contributed by atoms with E-state index < -0.39 is 0 Å². The van der Waals surface area contributed by atoms with Crippen LogP contribution in [0.2, 0.25) is 0 Å². The van der Waals surface area contributed by atoms with Gasteiger partial charge in [0.2, 0.25) is 0 Å². The summed E-state index contributed by atoms with van der Waals surface area (Å²) in [5, 5.41) is 0. The number of aryl methyl sites for hydroxylation is 1. The van der Waals surface area contributed by atoms with Gasteiger partial charge < -0.3 is 9.47 Å². The van der Waals surface area contributed by atoms with E-state index in [9.17, 15) is 4.79 Å². The molecule has 0 bridgehead atoms. The number of benzene rings is 2. The lowest BCUT2D eigenvalue weighted by Crippen LogP contribution is -2.09. The van der Waals surface area contributed by atoms with Crippen LogP contribution in [-0.2, 0) is 11.3 Å². The molecular weight excluding hydrogens is 441 g/mol. The molecule has 0 saturated heterocycles. The summed E-state index contributed by atoms with van der Waals surface area (Å²) >= 11 is 2.20. The lowest BCUT2D eigenvalue weighted by molar-refractivity contribution is 0.0601. The van der Waals surface area contributed by atoms with Crippen LogP contribution in [0.4, 0.5) is 0 Å². The van der Waals surface area contributed by atoms with Gasteiger partial charge in [-0.05, 0) is 70.5 Å². The van der Waals surface area contributed by atoms with E-state index in [0.29, 0.717) is 17.9 Å². The van der Waals surface area contributed by atoms with E-state index >= 15 is 0 Å². The first kappa shape index (κ1) is 18.4. The largest absolute Gasteiger partial charge is 0.487 e. The Morgan fingerprint density at radius 3 is 2.65 bits per heavy atom. The van der Waals surface area contributed by atoms with E-state index in [1.54, 1.807) is 12.4 Å². The Labute approximate surface area is 166 Å². The summed E-state index contributed by atoms with van der Waals surface area (Å²) in [5.74, 6) is 0.325. The molecular formula is C21H18INO3. The number of halogens is 1. The highest BCUT2D eigenvalue weighted by molar-refractivity contribution is 14.1. The second-order valence-corrected chi connectivity index (χ2v) is 7.02. The van der Waals surface area contributed by atoms with E-state index in [0.717, 1.165) is 25.8 Å². The highest BCUT2D eigenvalue weighted by Gasteiger charge is 2.20. The van der Waals surface area contributed by atoms with Crippen LogP contribution in [0.5, 0.6) is 5.75 Å². The zero-order chi connectivity index (χ0) is 18.5. The maximum absolute atomic E-state index is 12.4. The zero-order valence-corrected chi connectivity index (χ0v) is 16.7. The van der Waals surface area contributed by atoms with E-state index in [-0.39, 0.29) is 5.97 Å². The van der Waals surface area contributed by atoms with Crippen LogP contribution >= 0.6 is 22.6 Å². The Morgan fingerprint density at radius 2 is 1.96 bits per heavy atom. The molecule has 0 atom stereocenters. The van der Waals surface area contributed by atoms with Gasteiger partial charge in [0.25, 0.3) is 0 Å². The van der Waals surface area contributed by atoms with Crippen molar-refractivity contribution in [3.8, 4) is 16.9 Å². The number of nitrogens with zero attached hydrogens (tertiary/aromatic N) is 1. The van der Waals surface area contributed by atoms with E-state index in [1.807, 2.05) is 55.5 Å². The number of aromatic nitrogens is 1. The van der Waals surface area contributed by atoms with Crippen LogP contribution in [0.15, 0.2) is 60.9 Å². The van der Waals surface area contributed by atoms with E-state index in [4.69, 9.17) is 9.47 Å². The van der Waals surface area contributed by atoms with Gasteiger partial charge in [0.05, 0.1) is 18.9 Å². The Balaban J connectivity index is 2.11. The average Bonchev–Trinajstić information content (AvgIpc) is 2.67. The normalized spacial score (nSPS) is 10.4. The summed E-state index contributed by atoms with van der Waals surface area (Å²) in [5.41, 5.74) is 4.39. The van der Waals surface area contributed by atoms with Crippen molar-refractivity contribution in [2.24, 2.45) is 0 Å². The number of carbonyl (C=O) groups is 1. The SMILES string of the molecule is COC(=O)c1cc(I)cc(COc2cccnc2)c1-c1ccccc1C. The topological polar surface area (TPSA) is 48.4 Å². The minimum atomic E-state index is -0.357. The van der Waals surface area contributed by atoms with Gasteiger partial charge in [-0.25, -0.2) is 4.79 Å². The van der Waals surface area contributed by atoms with Gasteiger partial charge in [-0.15, -0.1) is 0 Å². The molecule has 2 aromatic carbocycles. The maximum atomic E-state index is 12.4. The highest BCUT2D eigenvalue weighted by atomic mass is 127. The molecule has 0 N–H and O–H groups in total. The molecule has 0 fully saturated rings. The van der Waals surface area contributed by atoms with E-state index in [2.05, 4.69) is 27.6 Å². The molecule has 0 spiro atoms. The standard InChI is InChI=1S/C21H18INO3/c1-14-6-3-4-8-18(14)20-15(13-26-17-7-5-9-23-12-17)10-16(22)11-19(20)21(24)25-2/h3-12H,13H2,1-2H3. The van der Waals surface area contributed by atoms with Gasteiger partial charge >= 0.3 is 5.97 Å². The van der Waals surface area contributed by atoms with Gasteiger partial charge in [-0.2, -0.15) is 0 Å². The fraction of sp³-hybridized carbons (Fsp3) is 0.143. The number of ether oxygens (including phenoxy) is 2. The van der Waals surface area contributed by atoms with Crippen LogP contribution in [0.1, 0.15) is 21.5 Å². The summed E-state index contributed by atoms with van der Waals surface area (Å²) in [6.45, 7) is 2.36. The van der Waals surface area contributed by atoms with E-state index in [1.165, 1.54) is 7.11 Å².